The van der Waals surface area contributed by atoms with Crippen molar-refractivity contribution in [2.75, 3.05) is 0 Å². The number of hydrogen-bond donors (Lipinski definition) is 0. The Kier molecular flexibility index (Phi) is 18.1. The van der Waals surface area contributed by atoms with E-state index in [9.17, 15) is 9.59 Å². The van der Waals surface area contributed by atoms with E-state index in [-0.39, 0.29) is 24.1 Å². The molecule has 0 N–H and O–H groups in total. The summed E-state index contributed by atoms with van der Waals surface area (Å²) in [5.74, 6) is -0.423. The summed E-state index contributed by atoms with van der Waals surface area (Å²) in [5, 5.41) is 0. The molecule has 0 saturated carbocycles. The summed E-state index contributed by atoms with van der Waals surface area (Å²) in [5.41, 5.74) is 0. The Morgan fingerprint density at radius 3 is 1.32 bits per heavy atom. The standard InChI is InChI=1S/C24H44O4/c1-5-7-9-11-13-17-23(27-21(3)25)19-15-16-20-24(28-22(4)26)18-14-12-10-8-6-2/h15-16,23-24H,5-14,17-20H2,1-4H3/b16-15+/t23-,24-/m1/s1. The lowest BCUT2D eigenvalue weighted by Crippen LogP contribution is -2.16. The maximum Gasteiger partial charge on any atom is 0.302 e. The number of ether oxygens (including phenoxy) is 2. The lowest BCUT2D eigenvalue weighted by atomic mass is 10.0. The SMILES string of the molecule is CCCCCCC[C@H](C/C=C/C[C@@H](CCCCCCC)OC(C)=O)OC(C)=O. The van der Waals surface area contributed by atoms with Gasteiger partial charge in [0.15, 0.2) is 0 Å². The molecule has 164 valence electrons. The minimum atomic E-state index is -0.211. The third-order valence-electron chi connectivity index (χ3n) is 4.89. The van der Waals surface area contributed by atoms with Gasteiger partial charge in [-0.1, -0.05) is 77.4 Å². The number of hydrogen-bond acceptors (Lipinski definition) is 4. The Labute approximate surface area is 173 Å². The largest absolute Gasteiger partial charge is 0.462 e. The molecule has 0 aliphatic heterocycles. The third-order valence-corrected chi connectivity index (χ3v) is 4.89. The zero-order valence-electron chi connectivity index (χ0n) is 18.8. The first-order chi connectivity index (χ1) is 13.5. The molecule has 0 aromatic carbocycles. The van der Waals surface area contributed by atoms with Crippen molar-refractivity contribution in [3.05, 3.63) is 12.2 Å². The molecule has 2 atom stereocenters. The number of unbranched alkanes of at least 4 members (excludes halogenated alkanes) is 8. The summed E-state index contributed by atoms with van der Waals surface area (Å²) >= 11 is 0. The molecule has 0 aliphatic rings. The molecule has 0 radical (unpaired) electrons. The van der Waals surface area contributed by atoms with Crippen LogP contribution in [0.25, 0.3) is 0 Å². The summed E-state index contributed by atoms with van der Waals surface area (Å²) < 4.78 is 10.9. The van der Waals surface area contributed by atoms with Gasteiger partial charge in [-0.3, -0.25) is 9.59 Å². The normalized spacial score (nSPS) is 13.4. The predicted octanol–water partition coefficient (Wildman–Crippen LogP) is 6.91. The molecular weight excluding hydrogens is 352 g/mol. The van der Waals surface area contributed by atoms with Gasteiger partial charge in [0.05, 0.1) is 0 Å². The van der Waals surface area contributed by atoms with Crippen LogP contribution in [0.15, 0.2) is 12.2 Å². The Morgan fingerprint density at radius 2 is 1.00 bits per heavy atom. The van der Waals surface area contributed by atoms with Gasteiger partial charge in [0.2, 0.25) is 0 Å². The first-order valence-electron chi connectivity index (χ1n) is 11.5. The van der Waals surface area contributed by atoms with E-state index < -0.39 is 0 Å². The molecule has 0 rings (SSSR count). The Balaban J connectivity index is 4.29. The highest BCUT2D eigenvalue weighted by Gasteiger charge is 2.12. The fraction of sp³-hybridized carbons (Fsp3) is 0.833. The van der Waals surface area contributed by atoms with Crippen LogP contribution in [0.3, 0.4) is 0 Å². The molecule has 0 spiro atoms. The van der Waals surface area contributed by atoms with Gasteiger partial charge in [-0.15, -0.1) is 0 Å². The quantitative estimate of drug-likeness (QED) is 0.143. The third kappa shape index (κ3) is 18.1. The van der Waals surface area contributed by atoms with Gasteiger partial charge >= 0.3 is 11.9 Å². The smallest absolute Gasteiger partial charge is 0.302 e. The van der Waals surface area contributed by atoms with Crippen molar-refractivity contribution in [1.82, 2.24) is 0 Å². The van der Waals surface area contributed by atoms with Crippen LogP contribution in [0.4, 0.5) is 0 Å². The summed E-state index contributed by atoms with van der Waals surface area (Å²) in [6, 6.07) is 0. The second kappa shape index (κ2) is 19.0. The Morgan fingerprint density at radius 1 is 0.643 bits per heavy atom. The van der Waals surface area contributed by atoms with E-state index in [1.54, 1.807) is 0 Å². The van der Waals surface area contributed by atoms with Crippen molar-refractivity contribution in [3.8, 4) is 0 Å². The molecule has 0 aliphatic carbocycles. The van der Waals surface area contributed by atoms with Crippen LogP contribution in [0, 0.1) is 0 Å². The summed E-state index contributed by atoms with van der Waals surface area (Å²) in [7, 11) is 0. The molecule has 4 nitrogen and oxygen atoms in total. The van der Waals surface area contributed by atoms with Crippen LogP contribution >= 0.6 is 0 Å². The highest BCUT2D eigenvalue weighted by molar-refractivity contribution is 5.66. The summed E-state index contributed by atoms with van der Waals surface area (Å²) in [4.78, 5) is 22.7. The van der Waals surface area contributed by atoms with E-state index in [4.69, 9.17) is 9.47 Å². The zero-order valence-corrected chi connectivity index (χ0v) is 18.8. The second-order valence-electron chi connectivity index (χ2n) is 7.81. The lowest BCUT2D eigenvalue weighted by Gasteiger charge is -2.16. The van der Waals surface area contributed by atoms with Crippen LogP contribution in [0.1, 0.15) is 118 Å². The van der Waals surface area contributed by atoms with Crippen molar-refractivity contribution >= 4 is 11.9 Å². The van der Waals surface area contributed by atoms with Crippen LogP contribution in [0.5, 0.6) is 0 Å². The van der Waals surface area contributed by atoms with Crippen molar-refractivity contribution in [3.63, 3.8) is 0 Å². The molecular formula is C24H44O4. The van der Waals surface area contributed by atoms with E-state index in [0.29, 0.717) is 0 Å². The molecule has 0 heterocycles. The van der Waals surface area contributed by atoms with Gasteiger partial charge in [0, 0.05) is 26.7 Å². The summed E-state index contributed by atoms with van der Waals surface area (Å²) in [6.45, 7) is 7.37. The van der Waals surface area contributed by atoms with E-state index >= 15 is 0 Å². The van der Waals surface area contributed by atoms with Gasteiger partial charge in [-0.2, -0.15) is 0 Å². The number of carbonyl (C=O) groups is 2. The average Bonchev–Trinajstić information content (AvgIpc) is 2.63. The number of carbonyl (C=O) groups excluding carboxylic acids is 2. The minimum absolute atomic E-state index is 0.0448. The van der Waals surface area contributed by atoms with Crippen LogP contribution in [0.2, 0.25) is 0 Å². The maximum absolute atomic E-state index is 11.3. The molecule has 0 aromatic rings. The zero-order chi connectivity index (χ0) is 21.0. The van der Waals surface area contributed by atoms with Gasteiger partial charge in [-0.25, -0.2) is 0 Å². The van der Waals surface area contributed by atoms with Crippen molar-refractivity contribution in [1.29, 1.82) is 0 Å². The molecule has 4 heteroatoms. The van der Waals surface area contributed by atoms with Crippen LogP contribution < -0.4 is 0 Å². The fourth-order valence-electron chi connectivity index (χ4n) is 3.37. The molecule has 0 aromatic heterocycles. The van der Waals surface area contributed by atoms with Crippen LogP contribution in [-0.4, -0.2) is 24.1 Å². The predicted molar refractivity (Wildman–Crippen MR) is 116 cm³/mol. The molecule has 0 amide bonds. The molecule has 28 heavy (non-hydrogen) atoms. The van der Waals surface area contributed by atoms with E-state index in [2.05, 4.69) is 26.0 Å². The number of rotatable bonds is 18. The molecule has 0 saturated heterocycles. The first-order valence-corrected chi connectivity index (χ1v) is 11.5. The number of esters is 2. The van der Waals surface area contributed by atoms with E-state index in [0.717, 1.165) is 38.5 Å². The first kappa shape index (κ1) is 26.7. The monoisotopic (exact) mass is 396 g/mol. The van der Waals surface area contributed by atoms with Crippen molar-refractivity contribution in [2.24, 2.45) is 0 Å². The highest BCUT2D eigenvalue weighted by atomic mass is 16.5. The van der Waals surface area contributed by atoms with Crippen LogP contribution in [-0.2, 0) is 19.1 Å². The van der Waals surface area contributed by atoms with Crippen molar-refractivity contribution < 1.29 is 19.1 Å². The minimum Gasteiger partial charge on any atom is -0.462 e. The average molecular weight is 397 g/mol. The summed E-state index contributed by atoms with van der Waals surface area (Å²) in [6.07, 6.45) is 19.5. The second-order valence-corrected chi connectivity index (χ2v) is 7.81. The van der Waals surface area contributed by atoms with Gasteiger partial charge in [-0.05, 0) is 25.7 Å². The topological polar surface area (TPSA) is 52.6 Å². The Bertz CT molecular complexity index is 379. The van der Waals surface area contributed by atoms with Gasteiger partial charge in [0.1, 0.15) is 12.2 Å². The van der Waals surface area contributed by atoms with Gasteiger partial charge < -0.3 is 9.47 Å². The van der Waals surface area contributed by atoms with Gasteiger partial charge in [0.25, 0.3) is 0 Å². The van der Waals surface area contributed by atoms with E-state index in [1.807, 2.05) is 0 Å². The van der Waals surface area contributed by atoms with E-state index in [1.165, 1.54) is 65.2 Å². The molecule has 0 fully saturated rings. The molecule has 0 unspecified atom stereocenters. The van der Waals surface area contributed by atoms with Crippen molar-refractivity contribution in [2.45, 2.75) is 130 Å². The molecule has 0 bridgehead atoms. The maximum atomic E-state index is 11.3. The Hall–Kier alpha value is -1.32. The highest BCUT2D eigenvalue weighted by Crippen LogP contribution is 2.16. The lowest BCUT2D eigenvalue weighted by molar-refractivity contribution is -0.147. The fourth-order valence-corrected chi connectivity index (χ4v) is 3.37.